The monoisotopic (exact) mass is 528 g/mol. The molecule has 8 heteroatoms. The van der Waals surface area contributed by atoms with Gasteiger partial charge in [-0.1, -0.05) is 46.8 Å². The second kappa shape index (κ2) is 14.4. The first-order valence-electron chi connectivity index (χ1n) is 13.2. The van der Waals surface area contributed by atoms with Gasteiger partial charge in [-0.15, -0.1) is 11.3 Å². The predicted molar refractivity (Wildman–Crippen MR) is 153 cm³/mol. The molecular formula is C29H44N4O3S. The van der Waals surface area contributed by atoms with Crippen LogP contribution in [-0.4, -0.2) is 61.2 Å². The van der Waals surface area contributed by atoms with Crippen LogP contribution in [-0.2, 0) is 20.8 Å². The van der Waals surface area contributed by atoms with Crippen LogP contribution in [0, 0.1) is 11.8 Å². The van der Waals surface area contributed by atoms with E-state index in [2.05, 4.69) is 57.0 Å². The Hall–Kier alpha value is -2.58. The summed E-state index contributed by atoms with van der Waals surface area (Å²) in [6.07, 6.45) is 2.21. The van der Waals surface area contributed by atoms with E-state index in [1.54, 1.807) is 18.4 Å². The van der Waals surface area contributed by atoms with E-state index in [0.29, 0.717) is 37.3 Å². The molecule has 0 aliphatic rings. The lowest BCUT2D eigenvalue weighted by Gasteiger charge is -2.27. The second-order valence-corrected chi connectivity index (χ2v) is 11.7. The fraction of sp³-hybridized carbons (Fsp3) is 0.586. The number of rotatable bonds is 15. The maximum Gasteiger partial charge on any atom is 0.224 e. The van der Waals surface area contributed by atoms with Gasteiger partial charge in [0.25, 0.3) is 0 Å². The third-order valence-electron chi connectivity index (χ3n) is 6.87. The molecule has 0 radical (unpaired) electrons. The summed E-state index contributed by atoms with van der Waals surface area (Å²) in [4.78, 5) is 45.0. The Kier molecular flexibility index (Phi) is 11.9. The summed E-state index contributed by atoms with van der Waals surface area (Å²) in [5.74, 6) is -0.263. The highest BCUT2D eigenvalue weighted by molar-refractivity contribution is 7.18. The van der Waals surface area contributed by atoms with Crippen LogP contribution < -0.4 is 10.6 Å². The first-order valence-corrected chi connectivity index (χ1v) is 14.0. The molecule has 0 fully saturated rings. The molecule has 204 valence electrons. The molecular weight excluding hydrogens is 484 g/mol. The highest BCUT2D eigenvalue weighted by atomic mass is 32.1. The van der Waals surface area contributed by atoms with Crippen LogP contribution in [0.15, 0.2) is 30.4 Å². The van der Waals surface area contributed by atoms with E-state index in [4.69, 9.17) is 4.98 Å². The molecule has 0 aliphatic carbocycles. The Morgan fingerprint density at radius 3 is 2.46 bits per heavy atom. The third-order valence-corrected chi connectivity index (χ3v) is 7.91. The van der Waals surface area contributed by atoms with Crippen molar-refractivity contribution in [3.63, 3.8) is 0 Å². The highest BCUT2D eigenvalue weighted by Gasteiger charge is 2.28. The molecule has 1 aromatic heterocycles. The number of aromatic nitrogens is 1. The van der Waals surface area contributed by atoms with Crippen LogP contribution in [0.25, 0.3) is 10.2 Å². The number of thiazole rings is 1. The number of ketones is 1. The van der Waals surface area contributed by atoms with Crippen molar-refractivity contribution in [2.75, 3.05) is 27.7 Å². The van der Waals surface area contributed by atoms with Gasteiger partial charge in [0.05, 0.1) is 21.1 Å². The molecule has 0 saturated carbocycles. The number of likely N-dealkylation sites (N-methyl/N-ethyl adjacent to an activating group) is 1. The maximum absolute atomic E-state index is 13.5. The van der Waals surface area contributed by atoms with Crippen molar-refractivity contribution >= 4 is 39.2 Å². The number of Topliss-reactive ketones (excluding diaryl/α,β-unsaturated/α-hetero) is 1. The van der Waals surface area contributed by atoms with Crippen molar-refractivity contribution in [2.45, 2.75) is 71.8 Å². The van der Waals surface area contributed by atoms with Crippen LogP contribution in [0.4, 0.5) is 0 Å². The summed E-state index contributed by atoms with van der Waals surface area (Å²) in [5.41, 5.74) is 2.74. The number of benzene rings is 1. The standard InChI is InChI=1S/C29H44N4O3S/c1-9-19(4)23(12-13-25(34)20(5)17-33(7)8)32-29(36)22(15-27(35)30-6)16-28-31-24-11-10-21(18(2)3)14-26(24)37-28/h10-11,14,18-19,22-23H,5,9,12-13,15-17H2,1-4,6-8H3,(H,30,35)(H,32,36)/t19-,22-,23+/m0/s1. The van der Waals surface area contributed by atoms with Crippen LogP contribution >= 0.6 is 11.3 Å². The molecule has 3 atom stereocenters. The predicted octanol–water partition coefficient (Wildman–Crippen LogP) is 4.71. The van der Waals surface area contributed by atoms with E-state index in [-0.39, 0.29) is 36.0 Å². The number of hydrogen-bond donors (Lipinski definition) is 2. The van der Waals surface area contributed by atoms with Crippen LogP contribution in [0.5, 0.6) is 0 Å². The lowest BCUT2D eigenvalue weighted by Crippen LogP contribution is -2.44. The van der Waals surface area contributed by atoms with Crippen LogP contribution in [0.3, 0.4) is 0 Å². The first kappa shape index (κ1) is 30.6. The van der Waals surface area contributed by atoms with Crippen molar-refractivity contribution in [1.29, 1.82) is 0 Å². The molecule has 0 spiro atoms. The minimum Gasteiger partial charge on any atom is -0.359 e. The van der Waals surface area contributed by atoms with Gasteiger partial charge in [0, 0.05) is 44.5 Å². The molecule has 37 heavy (non-hydrogen) atoms. The molecule has 2 N–H and O–H groups in total. The van der Waals surface area contributed by atoms with Gasteiger partial charge < -0.3 is 15.5 Å². The van der Waals surface area contributed by atoms with Crippen molar-refractivity contribution in [3.05, 3.63) is 40.9 Å². The summed E-state index contributed by atoms with van der Waals surface area (Å²) >= 11 is 1.58. The zero-order valence-electron chi connectivity index (χ0n) is 23.5. The van der Waals surface area contributed by atoms with Gasteiger partial charge in [-0.05, 0) is 50.0 Å². The van der Waals surface area contributed by atoms with E-state index >= 15 is 0 Å². The molecule has 0 aliphatic heterocycles. The Balaban J connectivity index is 2.18. The van der Waals surface area contributed by atoms with Crippen molar-refractivity contribution in [3.8, 4) is 0 Å². The Labute approximate surface area is 226 Å². The maximum atomic E-state index is 13.5. The number of nitrogens with zero attached hydrogens (tertiary/aromatic N) is 2. The number of hydrogen-bond acceptors (Lipinski definition) is 6. The van der Waals surface area contributed by atoms with Gasteiger partial charge in [-0.3, -0.25) is 14.4 Å². The normalized spacial score (nSPS) is 14.0. The van der Waals surface area contributed by atoms with E-state index < -0.39 is 5.92 Å². The lowest BCUT2D eigenvalue weighted by molar-refractivity contribution is -0.131. The quantitative estimate of drug-likeness (QED) is 0.327. The van der Waals surface area contributed by atoms with Gasteiger partial charge in [0.2, 0.25) is 11.8 Å². The van der Waals surface area contributed by atoms with Crippen molar-refractivity contribution < 1.29 is 14.4 Å². The fourth-order valence-electron chi connectivity index (χ4n) is 4.25. The number of carbonyl (C=O) groups is 3. The fourth-order valence-corrected chi connectivity index (χ4v) is 5.34. The lowest BCUT2D eigenvalue weighted by atomic mass is 9.91. The molecule has 1 heterocycles. The zero-order valence-corrected chi connectivity index (χ0v) is 24.3. The van der Waals surface area contributed by atoms with E-state index in [9.17, 15) is 14.4 Å². The van der Waals surface area contributed by atoms with E-state index in [1.165, 1.54) is 5.56 Å². The molecule has 2 aromatic rings. The highest BCUT2D eigenvalue weighted by Crippen LogP contribution is 2.28. The number of fused-ring (bicyclic) bond motifs is 1. The average molecular weight is 529 g/mol. The molecule has 2 rings (SSSR count). The van der Waals surface area contributed by atoms with Crippen LogP contribution in [0.1, 0.15) is 69.9 Å². The summed E-state index contributed by atoms with van der Waals surface area (Å²) in [6, 6.07) is 6.12. The molecule has 0 saturated heterocycles. The van der Waals surface area contributed by atoms with Gasteiger partial charge in [-0.25, -0.2) is 4.98 Å². The molecule has 1 aromatic carbocycles. The summed E-state index contributed by atoms with van der Waals surface area (Å²) in [6.45, 7) is 12.9. The number of amides is 2. The third kappa shape index (κ3) is 9.34. The SMILES string of the molecule is C=C(CN(C)C)C(=O)CC[C@@H](NC(=O)[C@@H](CC(=O)NC)Cc1nc2ccc(C(C)C)cc2s1)[C@@H](C)CC. The van der Waals surface area contributed by atoms with Crippen molar-refractivity contribution in [1.82, 2.24) is 20.5 Å². The topological polar surface area (TPSA) is 91.4 Å². The number of carbonyl (C=O) groups excluding carboxylic acids is 3. The van der Waals surface area contributed by atoms with E-state index in [1.807, 2.05) is 25.1 Å². The zero-order chi connectivity index (χ0) is 27.7. The molecule has 7 nitrogen and oxygen atoms in total. The summed E-state index contributed by atoms with van der Waals surface area (Å²) < 4.78 is 1.09. The van der Waals surface area contributed by atoms with Gasteiger partial charge in [-0.2, -0.15) is 0 Å². The van der Waals surface area contributed by atoms with Gasteiger partial charge >= 0.3 is 0 Å². The average Bonchev–Trinajstić information content (AvgIpc) is 3.26. The summed E-state index contributed by atoms with van der Waals surface area (Å²) in [7, 11) is 5.39. The van der Waals surface area contributed by atoms with Gasteiger partial charge in [0.1, 0.15) is 0 Å². The largest absolute Gasteiger partial charge is 0.359 e. The van der Waals surface area contributed by atoms with Gasteiger partial charge in [0.15, 0.2) is 5.78 Å². The Morgan fingerprint density at radius 1 is 1.16 bits per heavy atom. The summed E-state index contributed by atoms with van der Waals surface area (Å²) in [5, 5.41) is 6.66. The van der Waals surface area contributed by atoms with Crippen molar-refractivity contribution in [2.24, 2.45) is 11.8 Å². The molecule has 0 bridgehead atoms. The molecule has 2 amide bonds. The first-order chi connectivity index (χ1) is 17.4. The van der Waals surface area contributed by atoms with E-state index in [0.717, 1.165) is 21.6 Å². The Bertz CT molecular complexity index is 1090. The Morgan fingerprint density at radius 2 is 1.86 bits per heavy atom. The number of nitrogens with one attached hydrogen (secondary N) is 2. The second-order valence-electron chi connectivity index (χ2n) is 10.6. The minimum absolute atomic E-state index is 0.0217. The smallest absolute Gasteiger partial charge is 0.224 e. The molecule has 0 unspecified atom stereocenters. The van der Waals surface area contributed by atoms with Crippen LogP contribution in [0.2, 0.25) is 0 Å². The minimum atomic E-state index is -0.545.